The second-order valence-corrected chi connectivity index (χ2v) is 8.29. The van der Waals surface area contributed by atoms with Gasteiger partial charge >= 0.3 is 5.97 Å². The average Bonchev–Trinajstić information content (AvgIpc) is 3.02. The number of hydrogen-bond donors (Lipinski definition) is 0. The minimum Gasteiger partial charge on any atom is -0.497 e. The van der Waals surface area contributed by atoms with Gasteiger partial charge in [0.25, 0.3) is 5.91 Å². The molecule has 3 rings (SSSR count). The number of carbonyl (C=O) groups excluding carboxylic acids is 2. The molecule has 0 aliphatic carbocycles. The van der Waals surface area contributed by atoms with Gasteiger partial charge in [-0.3, -0.25) is 9.59 Å². The third-order valence-electron chi connectivity index (χ3n) is 5.81. The van der Waals surface area contributed by atoms with E-state index in [1.54, 1.807) is 36.3 Å². The Kier molecular flexibility index (Phi) is 7.03. The van der Waals surface area contributed by atoms with Gasteiger partial charge < -0.3 is 14.4 Å². The van der Waals surface area contributed by atoms with Crippen LogP contribution in [-0.2, 0) is 9.53 Å². The molecule has 1 aliphatic heterocycles. The van der Waals surface area contributed by atoms with Crippen LogP contribution in [0, 0.1) is 5.92 Å². The van der Waals surface area contributed by atoms with E-state index in [1.165, 1.54) is 0 Å². The van der Waals surface area contributed by atoms with Crippen molar-refractivity contribution in [3.63, 3.8) is 0 Å². The standard InChI is InChI=1S/C24H28ClNO4/c1-5-15(2)14-30-23(27)13-20-16(3)26(22-11-10-19(29-4)12-21(20)22)24(28)17-6-8-18(25)9-7-17/h6-12,15-16,20H,5,13-14H2,1-4H3. The van der Waals surface area contributed by atoms with E-state index in [1.807, 2.05) is 25.1 Å². The summed E-state index contributed by atoms with van der Waals surface area (Å²) < 4.78 is 10.9. The smallest absolute Gasteiger partial charge is 0.306 e. The second kappa shape index (κ2) is 9.52. The molecule has 3 unspecified atom stereocenters. The number of methoxy groups -OCH3 is 1. The first-order valence-corrected chi connectivity index (χ1v) is 10.7. The van der Waals surface area contributed by atoms with E-state index in [-0.39, 0.29) is 30.3 Å². The number of ether oxygens (including phenoxy) is 2. The molecule has 0 fully saturated rings. The molecule has 0 N–H and O–H groups in total. The average molecular weight is 430 g/mol. The van der Waals surface area contributed by atoms with Crippen molar-refractivity contribution in [2.24, 2.45) is 5.92 Å². The number of esters is 1. The van der Waals surface area contributed by atoms with Gasteiger partial charge in [0.2, 0.25) is 0 Å². The summed E-state index contributed by atoms with van der Waals surface area (Å²) in [5.74, 6) is 0.476. The summed E-state index contributed by atoms with van der Waals surface area (Å²) in [4.78, 5) is 27.6. The Morgan fingerprint density at radius 2 is 1.87 bits per heavy atom. The molecule has 0 bridgehead atoms. The van der Waals surface area contributed by atoms with Gasteiger partial charge in [-0.05, 0) is 60.9 Å². The molecule has 0 aromatic heterocycles. The van der Waals surface area contributed by atoms with E-state index in [2.05, 4.69) is 13.8 Å². The van der Waals surface area contributed by atoms with E-state index in [0.29, 0.717) is 28.9 Å². The van der Waals surface area contributed by atoms with Crippen LogP contribution in [0.25, 0.3) is 0 Å². The summed E-state index contributed by atoms with van der Waals surface area (Å²) in [6.45, 7) is 6.50. The summed E-state index contributed by atoms with van der Waals surface area (Å²) in [6.07, 6.45) is 1.17. The van der Waals surface area contributed by atoms with Crippen molar-refractivity contribution in [3.8, 4) is 5.75 Å². The van der Waals surface area contributed by atoms with Crippen molar-refractivity contribution < 1.29 is 19.1 Å². The molecule has 2 aromatic carbocycles. The number of anilines is 1. The first-order valence-electron chi connectivity index (χ1n) is 10.3. The van der Waals surface area contributed by atoms with Crippen molar-refractivity contribution in [1.29, 1.82) is 0 Å². The number of benzene rings is 2. The van der Waals surface area contributed by atoms with Gasteiger partial charge in [-0.1, -0.05) is 31.9 Å². The van der Waals surface area contributed by atoms with Gasteiger partial charge in [-0.25, -0.2) is 0 Å². The maximum absolute atomic E-state index is 13.3. The van der Waals surface area contributed by atoms with E-state index in [0.717, 1.165) is 17.7 Å². The van der Waals surface area contributed by atoms with E-state index < -0.39 is 0 Å². The molecule has 0 radical (unpaired) electrons. The highest BCUT2D eigenvalue weighted by molar-refractivity contribution is 6.30. The van der Waals surface area contributed by atoms with Crippen LogP contribution in [0.3, 0.4) is 0 Å². The molecule has 0 saturated heterocycles. The maximum atomic E-state index is 13.3. The van der Waals surface area contributed by atoms with Crippen LogP contribution in [0.2, 0.25) is 5.02 Å². The van der Waals surface area contributed by atoms with Crippen LogP contribution in [0.4, 0.5) is 5.69 Å². The van der Waals surface area contributed by atoms with E-state index >= 15 is 0 Å². The zero-order valence-electron chi connectivity index (χ0n) is 17.9. The molecule has 160 valence electrons. The van der Waals surface area contributed by atoms with Crippen LogP contribution in [-0.4, -0.2) is 31.6 Å². The Labute approximate surface area is 182 Å². The Hall–Kier alpha value is -2.53. The number of hydrogen-bond acceptors (Lipinski definition) is 4. The topological polar surface area (TPSA) is 55.8 Å². The van der Waals surface area contributed by atoms with E-state index in [4.69, 9.17) is 21.1 Å². The van der Waals surface area contributed by atoms with Crippen LogP contribution in [0.15, 0.2) is 42.5 Å². The highest BCUT2D eigenvalue weighted by atomic mass is 35.5. The normalized spacial score (nSPS) is 18.6. The van der Waals surface area contributed by atoms with Gasteiger partial charge in [0.15, 0.2) is 0 Å². The Morgan fingerprint density at radius 3 is 2.50 bits per heavy atom. The number of fused-ring (bicyclic) bond motifs is 1. The molecule has 6 heteroatoms. The zero-order chi connectivity index (χ0) is 21.8. The van der Waals surface area contributed by atoms with Gasteiger partial charge in [0, 0.05) is 28.2 Å². The predicted molar refractivity (Wildman–Crippen MR) is 118 cm³/mol. The highest BCUT2D eigenvalue weighted by Crippen LogP contribution is 2.45. The van der Waals surface area contributed by atoms with Crippen LogP contribution < -0.4 is 9.64 Å². The van der Waals surface area contributed by atoms with E-state index in [9.17, 15) is 9.59 Å². The lowest BCUT2D eigenvalue weighted by Gasteiger charge is -2.25. The highest BCUT2D eigenvalue weighted by Gasteiger charge is 2.40. The predicted octanol–water partition coefficient (Wildman–Crippen LogP) is 5.46. The van der Waals surface area contributed by atoms with Crippen LogP contribution >= 0.6 is 11.6 Å². The van der Waals surface area contributed by atoms with Crippen LogP contribution in [0.5, 0.6) is 5.75 Å². The molecule has 2 aromatic rings. The van der Waals surface area contributed by atoms with Gasteiger partial charge in [-0.15, -0.1) is 0 Å². The minimum absolute atomic E-state index is 0.124. The lowest BCUT2D eigenvalue weighted by atomic mass is 9.92. The fourth-order valence-electron chi connectivity index (χ4n) is 3.73. The third kappa shape index (κ3) is 4.62. The van der Waals surface area contributed by atoms with Crippen molar-refractivity contribution in [3.05, 3.63) is 58.6 Å². The summed E-state index contributed by atoms with van der Waals surface area (Å²) in [5.41, 5.74) is 2.26. The van der Waals surface area contributed by atoms with Crippen molar-refractivity contribution in [1.82, 2.24) is 0 Å². The second-order valence-electron chi connectivity index (χ2n) is 7.85. The quantitative estimate of drug-likeness (QED) is 0.548. The first-order chi connectivity index (χ1) is 14.3. The van der Waals surface area contributed by atoms with Crippen LogP contribution in [0.1, 0.15) is 55.5 Å². The maximum Gasteiger partial charge on any atom is 0.306 e. The number of nitrogens with zero attached hydrogens (tertiary/aromatic N) is 1. The molecule has 0 spiro atoms. The van der Waals surface area contributed by atoms with Gasteiger partial charge in [-0.2, -0.15) is 0 Å². The van der Waals surface area contributed by atoms with Crippen molar-refractivity contribution in [2.45, 2.75) is 45.6 Å². The first kappa shape index (κ1) is 22.2. The molecular weight excluding hydrogens is 402 g/mol. The van der Waals surface area contributed by atoms with Crippen molar-refractivity contribution in [2.75, 3.05) is 18.6 Å². The number of carbonyl (C=O) groups is 2. The van der Waals surface area contributed by atoms with Gasteiger partial charge in [0.05, 0.1) is 20.1 Å². The number of halogens is 1. The molecule has 30 heavy (non-hydrogen) atoms. The fourth-order valence-corrected chi connectivity index (χ4v) is 3.86. The number of amides is 1. The molecular formula is C24H28ClNO4. The van der Waals surface area contributed by atoms with Gasteiger partial charge in [0.1, 0.15) is 5.75 Å². The Morgan fingerprint density at radius 1 is 1.17 bits per heavy atom. The Bertz CT molecular complexity index is 912. The Balaban J connectivity index is 1.89. The molecule has 1 heterocycles. The largest absolute Gasteiger partial charge is 0.497 e. The molecule has 3 atom stereocenters. The lowest BCUT2D eigenvalue weighted by molar-refractivity contribution is -0.145. The zero-order valence-corrected chi connectivity index (χ0v) is 18.6. The summed E-state index contributed by atoms with van der Waals surface area (Å²) in [6, 6.07) is 12.3. The summed E-state index contributed by atoms with van der Waals surface area (Å²) in [7, 11) is 1.60. The third-order valence-corrected chi connectivity index (χ3v) is 6.06. The SMILES string of the molecule is CCC(C)COC(=O)CC1c2cc(OC)ccc2N(C(=O)c2ccc(Cl)cc2)C1C. The molecule has 1 aliphatic rings. The minimum atomic E-state index is -0.248. The summed E-state index contributed by atoms with van der Waals surface area (Å²) >= 11 is 5.97. The summed E-state index contributed by atoms with van der Waals surface area (Å²) in [5, 5.41) is 0.577. The molecule has 1 amide bonds. The lowest BCUT2D eigenvalue weighted by Crippen LogP contribution is -2.37. The fraction of sp³-hybridized carbons (Fsp3) is 0.417. The molecule has 0 saturated carbocycles. The number of rotatable bonds is 7. The monoisotopic (exact) mass is 429 g/mol. The van der Waals surface area contributed by atoms with Crippen molar-refractivity contribution >= 4 is 29.2 Å². The molecule has 5 nitrogen and oxygen atoms in total.